The Hall–Kier alpha value is -1.28. The molecule has 9 rings (SSSR count). The van der Waals surface area contributed by atoms with Gasteiger partial charge in [0.05, 0.1) is 0 Å². The molecule has 9 aliphatic carbocycles. The van der Waals surface area contributed by atoms with E-state index in [1.807, 2.05) is 0 Å². The number of esters is 1. The van der Waals surface area contributed by atoms with E-state index in [1.165, 1.54) is 51.8 Å². The third-order valence-corrected chi connectivity index (χ3v) is 11.6. The molecule has 0 aromatic carbocycles. The van der Waals surface area contributed by atoms with Crippen molar-refractivity contribution in [3.05, 3.63) is 48.6 Å². The van der Waals surface area contributed by atoms with E-state index in [0.29, 0.717) is 5.92 Å². The van der Waals surface area contributed by atoms with Crippen molar-refractivity contribution in [3.8, 4) is 0 Å². The van der Waals surface area contributed by atoms with Gasteiger partial charge >= 0.3 is 5.97 Å². The summed E-state index contributed by atoms with van der Waals surface area (Å²) in [6.07, 6.45) is 33.5. The summed E-state index contributed by atoms with van der Waals surface area (Å²) in [5.74, 6) is 11.1. The molecule has 0 aliphatic heterocycles. The minimum absolute atomic E-state index is 0.110. The predicted octanol–water partition coefficient (Wildman–Crippen LogP) is 8.00. The molecular weight excluding hydrogens is 464 g/mol. The molecule has 2 nitrogen and oxygen atoms in total. The predicted molar refractivity (Wildman–Crippen MR) is 147 cm³/mol. The highest BCUT2D eigenvalue weighted by Gasteiger charge is 2.53. The Morgan fingerprint density at radius 2 is 1.28 bits per heavy atom. The van der Waals surface area contributed by atoms with Crippen LogP contribution in [0.2, 0.25) is 0 Å². The molecule has 0 spiro atoms. The topological polar surface area (TPSA) is 26.3 Å². The first kappa shape index (κ1) is 25.0. The summed E-state index contributed by atoms with van der Waals surface area (Å²) in [6.45, 7) is 1.52. The average Bonchev–Trinajstić information content (AvgIpc) is 3.72. The van der Waals surface area contributed by atoms with Gasteiger partial charge in [0.15, 0.2) is 0 Å². The van der Waals surface area contributed by atoms with Crippen molar-refractivity contribution >= 4 is 17.6 Å². The number of allylic oxidation sites excluding steroid dienone is 8. The Balaban J connectivity index is 0.0000000984. The fourth-order valence-corrected chi connectivity index (χ4v) is 10.3. The lowest BCUT2D eigenvalue weighted by Crippen LogP contribution is -2.31. The van der Waals surface area contributed by atoms with Crippen molar-refractivity contribution in [2.24, 2.45) is 71.0 Å². The number of carbonyl (C=O) groups excluding carboxylic acids is 1. The Bertz CT molecular complexity index is 932. The lowest BCUT2D eigenvalue weighted by molar-refractivity contribution is -0.149. The van der Waals surface area contributed by atoms with Crippen molar-refractivity contribution in [2.75, 3.05) is 6.38 Å². The fourth-order valence-electron chi connectivity index (χ4n) is 10.3. The van der Waals surface area contributed by atoms with Crippen LogP contribution in [-0.4, -0.2) is 18.5 Å². The normalized spacial score (nSPS) is 49.6. The largest absolute Gasteiger partial charge is 0.462 e. The van der Waals surface area contributed by atoms with Crippen LogP contribution < -0.4 is 0 Å². The van der Waals surface area contributed by atoms with Gasteiger partial charge in [-0.1, -0.05) is 48.6 Å². The minimum atomic E-state index is -0.110. The van der Waals surface area contributed by atoms with Gasteiger partial charge in [-0.2, -0.15) is 0 Å². The van der Waals surface area contributed by atoms with Crippen LogP contribution in [0.15, 0.2) is 48.6 Å². The molecule has 13 unspecified atom stereocenters. The summed E-state index contributed by atoms with van der Waals surface area (Å²) in [5, 5.41) is 0. The van der Waals surface area contributed by atoms with E-state index in [1.54, 1.807) is 12.8 Å². The number of rotatable bonds is 1. The number of hydrogen-bond donors (Lipinski definition) is 0. The molecule has 0 heterocycles. The number of ether oxygens (including phenoxy) is 1. The molecule has 36 heavy (non-hydrogen) atoms. The summed E-state index contributed by atoms with van der Waals surface area (Å²) in [4.78, 5) is 10.9. The quantitative estimate of drug-likeness (QED) is 0.204. The summed E-state index contributed by atoms with van der Waals surface area (Å²) < 4.78 is 5.38. The Morgan fingerprint density at radius 3 is 2.00 bits per heavy atom. The molecule has 13 atom stereocenters. The van der Waals surface area contributed by atoms with Crippen LogP contribution >= 0.6 is 11.6 Å². The summed E-state index contributed by atoms with van der Waals surface area (Å²) >= 11 is 4.64. The molecule has 0 amide bonds. The zero-order valence-electron chi connectivity index (χ0n) is 22.2. The van der Waals surface area contributed by atoms with Crippen LogP contribution in [0.5, 0.6) is 0 Å². The first-order chi connectivity index (χ1) is 17.7. The van der Waals surface area contributed by atoms with E-state index in [-0.39, 0.29) is 12.1 Å². The van der Waals surface area contributed by atoms with Gasteiger partial charge in [-0.15, -0.1) is 11.6 Å². The third-order valence-electron chi connectivity index (χ3n) is 11.6. The van der Waals surface area contributed by atoms with Crippen LogP contribution in [0.25, 0.3) is 0 Å². The van der Waals surface area contributed by atoms with Gasteiger partial charge in [-0.05, 0) is 123 Å². The molecule has 196 valence electrons. The van der Waals surface area contributed by atoms with Crippen LogP contribution in [0, 0.1) is 71.0 Å². The smallest absolute Gasteiger partial charge is 0.302 e. The van der Waals surface area contributed by atoms with Crippen LogP contribution in [0.4, 0.5) is 0 Å². The van der Waals surface area contributed by atoms with E-state index in [4.69, 9.17) is 4.74 Å². The number of alkyl halides is 1. The summed E-state index contributed by atoms with van der Waals surface area (Å²) in [5.41, 5.74) is 0. The third kappa shape index (κ3) is 4.38. The van der Waals surface area contributed by atoms with Gasteiger partial charge in [0.2, 0.25) is 0 Å². The van der Waals surface area contributed by atoms with Crippen molar-refractivity contribution < 1.29 is 9.53 Å². The second-order valence-electron chi connectivity index (χ2n) is 13.0. The number of halogens is 1. The molecule has 0 radical (unpaired) electrons. The second kappa shape index (κ2) is 10.5. The molecule has 5 fully saturated rings. The van der Waals surface area contributed by atoms with E-state index in [0.717, 1.165) is 71.5 Å². The van der Waals surface area contributed by atoms with Gasteiger partial charge in [0.25, 0.3) is 0 Å². The summed E-state index contributed by atoms with van der Waals surface area (Å²) in [6, 6.07) is 0. The maximum atomic E-state index is 10.9. The molecule has 0 saturated heterocycles. The first-order valence-electron chi connectivity index (χ1n) is 14.9. The number of hydrogen-bond acceptors (Lipinski definition) is 2. The van der Waals surface area contributed by atoms with Crippen molar-refractivity contribution in [1.82, 2.24) is 0 Å². The van der Waals surface area contributed by atoms with E-state index < -0.39 is 0 Å². The van der Waals surface area contributed by atoms with Crippen LogP contribution in [-0.2, 0) is 9.53 Å². The Kier molecular flexibility index (Phi) is 7.28. The van der Waals surface area contributed by atoms with Crippen molar-refractivity contribution in [1.29, 1.82) is 0 Å². The van der Waals surface area contributed by atoms with Crippen LogP contribution in [0.3, 0.4) is 0 Å². The van der Waals surface area contributed by atoms with Gasteiger partial charge in [0.1, 0.15) is 6.10 Å². The number of fused-ring (bicyclic) bond motifs is 15. The minimum Gasteiger partial charge on any atom is -0.462 e. The van der Waals surface area contributed by atoms with Gasteiger partial charge in [-0.3, -0.25) is 4.79 Å². The van der Waals surface area contributed by atoms with E-state index in [2.05, 4.69) is 60.2 Å². The van der Waals surface area contributed by atoms with Crippen molar-refractivity contribution in [3.63, 3.8) is 0 Å². The zero-order chi connectivity index (χ0) is 24.8. The molecule has 0 N–H and O–H groups in total. The van der Waals surface area contributed by atoms with Crippen molar-refractivity contribution in [2.45, 2.75) is 70.8 Å². The molecule has 9 aliphatic rings. The lowest BCUT2D eigenvalue weighted by Gasteiger charge is -2.30. The zero-order valence-corrected chi connectivity index (χ0v) is 22.9. The summed E-state index contributed by atoms with van der Waals surface area (Å²) in [7, 11) is 0. The molecule has 0 aromatic rings. The average molecular weight is 509 g/mol. The molecule has 0 aromatic heterocycles. The van der Waals surface area contributed by atoms with E-state index >= 15 is 0 Å². The highest BCUT2D eigenvalue weighted by Crippen LogP contribution is 2.58. The number of carbonyl (C=O) groups is 1. The Labute approximate surface area is 223 Å². The maximum absolute atomic E-state index is 10.9. The van der Waals surface area contributed by atoms with Crippen LogP contribution in [0.1, 0.15) is 64.7 Å². The van der Waals surface area contributed by atoms with Gasteiger partial charge in [-0.25, -0.2) is 0 Å². The SMILES string of the molecule is C1=CC2C3C=CC(C3)C2C1.C1=CC2C3CCC(C3)C2C1.CC(=O)OC1CC2CC1C1C=CCC21.CCl. The monoisotopic (exact) mass is 508 g/mol. The van der Waals surface area contributed by atoms with Gasteiger partial charge < -0.3 is 4.74 Å². The lowest BCUT2D eigenvalue weighted by atomic mass is 9.80. The standard InChI is InChI=1S/C12H16O2.C10H14.C10H12.CH3Cl/c1-7(13)14-12-6-8-5-11(12)10-4-2-3-9(8)10;2*1-2-9-7-4-5-8(6-7)10(9)3-1;1-2/h2,4,8-12H,3,5-6H2,1H3;1-2,7-10H,3-6H2;1-2,4-5,7-10H,3,6H2;1H3. The fraction of sp³-hybridized carbons (Fsp3) is 0.727. The molecular formula is C33H45ClO2. The molecule has 5 saturated carbocycles. The maximum Gasteiger partial charge on any atom is 0.302 e. The van der Waals surface area contributed by atoms with Gasteiger partial charge in [0, 0.05) is 19.2 Å². The molecule has 6 bridgehead atoms. The highest BCUT2D eigenvalue weighted by atomic mass is 35.5. The first-order valence-corrected chi connectivity index (χ1v) is 15.6. The van der Waals surface area contributed by atoms with E-state index in [9.17, 15) is 4.79 Å². The molecule has 3 heteroatoms. The highest BCUT2D eigenvalue weighted by molar-refractivity contribution is 6.15. The Morgan fingerprint density at radius 1 is 0.639 bits per heavy atom. The second-order valence-corrected chi connectivity index (χ2v) is 13.0.